The van der Waals surface area contributed by atoms with Gasteiger partial charge >= 0.3 is 0 Å². The van der Waals surface area contributed by atoms with Crippen molar-refractivity contribution in [1.29, 1.82) is 0 Å². The number of methoxy groups -OCH3 is 1. The average molecular weight is 357 g/mol. The minimum atomic E-state index is -0.474. The molecular formula is C15H21BrN2O3. The molecule has 3 N–H and O–H groups in total. The molecule has 1 saturated heterocycles. The molecular weight excluding hydrogens is 336 g/mol. The zero-order chi connectivity index (χ0) is 15.2. The van der Waals surface area contributed by atoms with Crippen LogP contribution >= 0.6 is 15.9 Å². The van der Waals surface area contributed by atoms with Crippen LogP contribution in [0.2, 0.25) is 0 Å². The van der Waals surface area contributed by atoms with E-state index in [0.717, 1.165) is 28.6 Å². The number of rotatable bonds is 5. The van der Waals surface area contributed by atoms with Crippen molar-refractivity contribution in [3.63, 3.8) is 0 Å². The van der Waals surface area contributed by atoms with Crippen molar-refractivity contribution >= 4 is 21.8 Å². The summed E-state index contributed by atoms with van der Waals surface area (Å²) in [6, 6.07) is 5.19. The van der Waals surface area contributed by atoms with Crippen LogP contribution in [0.15, 0.2) is 22.7 Å². The molecule has 1 amide bonds. The first-order valence-corrected chi connectivity index (χ1v) is 7.84. The van der Waals surface area contributed by atoms with Crippen molar-refractivity contribution in [2.75, 3.05) is 20.3 Å². The lowest BCUT2D eigenvalue weighted by molar-refractivity contribution is -0.124. The molecule has 116 valence electrons. The Morgan fingerprint density at radius 2 is 2.24 bits per heavy atom. The van der Waals surface area contributed by atoms with E-state index in [2.05, 4.69) is 21.2 Å². The van der Waals surface area contributed by atoms with Gasteiger partial charge in [0.05, 0.1) is 13.2 Å². The number of nitrogens with one attached hydrogen (secondary N) is 1. The summed E-state index contributed by atoms with van der Waals surface area (Å²) in [7, 11) is 1.62. The lowest BCUT2D eigenvalue weighted by Crippen LogP contribution is -2.46. The molecule has 21 heavy (non-hydrogen) atoms. The van der Waals surface area contributed by atoms with Crippen LogP contribution in [-0.4, -0.2) is 32.3 Å². The van der Waals surface area contributed by atoms with E-state index < -0.39 is 6.04 Å². The average Bonchev–Trinajstić information content (AvgIpc) is 2.54. The summed E-state index contributed by atoms with van der Waals surface area (Å²) >= 11 is 3.47. The van der Waals surface area contributed by atoms with E-state index in [4.69, 9.17) is 15.2 Å². The maximum Gasteiger partial charge on any atom is 0.237 e. The molecule has 0 spiro atoms. The van der Waals surface area contributed by atoms with Gasteiger partial charge in [0.2, 0.25) is 5.91 Å². The maximum atomic E-state index is 12.2. The number of carbonyl (C=O) groups excluding carboxylic acids is 1. The van der Waals surface area contributed by atoms with Crippen molar-refractivity contribution in [2.45, 2.75) is 25.4 Å². The minimum absolute atomic E-state index is 0.114. The number of amides is 1. The van der Waals surface area contributed by atoms with E-state index in [1.807, 2.05) is 18.2 Å². The van der Waals surface area contributed by atoms with E-state index in [1.54, 1.807) is 7.11 Å². The predicted octanol–water partition coefficient (Wildman–Crippen LogP) is 1.83. The van der Waals surface area contributed by atoms with Crippen molar-refractivity contribution in [1.82, 2.24) is 5.32 Å². The van der Waals surface area contributed by atoms with Crippen LogP contribution in [0.4, 0.5) is 0 Å². The number of ether oxygens (including phenoxy) is 2. The number of benzene rings is 1. The molecule has 5 nitrogen and oxygen atoms in total. The molecule has 1 aromatic rings. The van der Waals surface area contributed by atoms with Crippen molar-refractivity contribution < 1.29 is 14.3 Å². The van der Waals surface area contributed by atoms with Gasteiger partial charge in [-0.1, -0.05) is 15.9 Å². The van der Waals surface area contributed by atoms with Gasteiger partial charge in [-0.3, -0.25) is 4.79 Å². The van der Waals surface area contributed by atoms with E-state index in [-0.39, 0.29) is 11.8 Å². The Kier molecular flexibility index (Phi) is 6.02. The van der Waals surface area contributed by atoms with Crippen LogP contribution in [0.3, 0.4) is 0 Å². The molecule has 6 heteroatoms. The summed E-state index contributed by atoms with van der Waals surface area (Å²) in [5.74, 6) is 0.847. The quantitative estimate of drug-likeness (QED) is 0.843. The largest absolute Gasteiger partial charge is 0.497 e. The first-order valence-electron chi connectivity index (χ1n) is 7.05. The van der Waals surface area contributed by atoms with Gasteiger partial charge in [0.15, 0.2) is 0 Å². The van der Waals surface area contributed by atoms with E-state index in [0.29, 0.717) is 19.8 Å². The van der Waals surface area contributed by atoms with Crippen LogP contribution in [-0.2, 0) is 16.1 Å². The van der Waals surface area contributed by atoms with Gasteiger partial charge < -0.3 is 20.5 Å². The molecule has 1 atom stereocenters. The summed E-state index contributed by atoms with van der Waals surface area (Å²) in [5.41, 5.74) is 7.01. The van der Waals surface area contributed by atoms with Gasteiger partial charge in [-0.25, -0.2) is 0 Å². The third-order valence-electron chi connectivity index (χ3n) is 3.78. The number of carbonyl (C=O) groups is 1. The second-order valence-corrected chi connectivity index (χ2v) is 6.01. The highest BCUT2D eigenvalue weighted by molar-refractivity contribution is 9.10. The van der Waals surface area contributed by atoms with Crippen molar-refractivity contribution in [3.05, 3.63) is 28.2 Å². The highest BCUT2D eigenvalue weighted by atomic mass is 79.9. The Bertz CT molecular complexity index is 490. The van der Waals surface area contributed by atoms with Gasteiger partial charge in [0.25, 0.3) is 0 Å². The molecule has 0 aliphatic carbocycles. The Balaban J connectivity index is 1.91. The molecule has 1 fully saturated rings. The number of hydrogen-bond donors (Lipinski definition) is 2. The number of nitrogens with two attached hydrogens (primary N) is 1. The standard InChI is InChI=1S/C15H21BrN2O3/c1-20-12-2-3-13(16)11(8-12)9-18-15(19)14(17)10-4-6-21-7-5-10/h2-3,8,10,14H,4-7,9,17H2,1H3,(H,18,19). The maximum absolute atomic E-state index is 12.2. The van der Waals surface area contributed by atoms with Crippen LogP contribution in [0.25, 0.3) is 0 Å². The topological polar surface area (TPSA) is 73.6 Å². The third kappa shape index (κ3) is 4.43. The van der Waals surface area contributed by atoms with Gasteiger partial charge in [-0.05, 0) is 42.5 Å². The van der Waals surface area contributed by atoms with Crippen molar-refractivity contribution in [2.24, 2.45) is 11.7 Å². The summed E-state index contributed by atoms with van der Waals surface area (Å²) in [5, 5.41) is 2.90. The van der Waals surface area contributed by atoms with E-state index in [9.17, 15) is 4.79 Å². The fourth-order valence-electron chi connectivity index (χ4n) is 2.40. The Morgan fingerprint density at radius 1 is 1.52 bits per heavy atom. The first-order chi connectivity index (χ1) is 10.1. The summed E-state index contributed by atoms with van der Waals surface area (Å²) in [6.07, 6.45) is 1.69. The Morgan fingerprint density at radius 3 is 2.90 bits per heavy atom. The van der Waals surface area contributed by atoms with E-state index >= 15 is 0 Å². The fourth-order valence-corrected chi connectivity index (χ4v) is 2.79. The van der Waals surface area contributed by atoms with Gasteiger partial charge in [-0.15, -0.1) is 0 Å². The second-order valence-electron chi connectivity index (χ2n) is 5.15. The van der Waals surface area contributed by atoms with Crippen LogP contribution in [0.5, 0.6) is 5.75 Å². The molecule has 0 aromatic heterocycles. The fraction of sp³-hybridized carbons (Fsp3) is 0.533. The highest BCUT2D eigenvalue weighted by Crippen LogP contribution is 2.22. The normalized spacial score (nSPS) is 17.3. The second kappa shape index (κ2) is 7.77. The van der Waals surface area contributed by atoms with Crippen LogP contribution in [0.1, 0.15) is 18.4 Å². The zero-order valence-corrected chi connectivity index (χ0v) is 13.7. The smallest absolute Gasteiger partial charge is 0.237 e. The lowest BCUT2D eigenvalue weighted by Gasteiger charge is -2.26. The first kappa shape index (κ1) is 16.3. The molecule has 0 radical (unpaired) electrons. The highest BCUT2D eigenvalue weighted by Gasteiger charge is 2.26. The minimum Gasteiger partial charge on any atom is -0.497 e. The monoisotopic (exact) mass is 356 g/mol. The molecule has 1 aliphatic rings. The third-order valence-corrected chi connectivity index (χ3v) is 4.56. The molecule has 2 rings (SSSR count). The molecule has 1 aromatic carbocycles. The van der Waals surface area contributed by atoms with Gasteiger partial charge in [0, 0.05) is 24.2 Å². The molecule has 1 unspecified atom stereocenters. The van der Waals surface area contributed by atoms with Gasteiger partial charge in [0.1, 0.15) is 5.75 Å². The SMILES string of the molecule is COc1ccc(Br)c(CNC(=O)C(N)C2CCOCC2)c1. The Labute approximate surface area is 133 Å². The predicted molar refractivity (Wildman–Crippen MR) is 84.1 cm³/mol. The van der Waals surface area contributed by atoms with Gasteiger partial charge in [-0.2, -0.15) is 0 Å². The molecule has 1 aliphatic heterocycles. The summed E-state index contributed by atoms with van der Waals surface area (Å²) in [6.45, 7) is 1.80. The number of hydrogen-bond acceptors (Lipinski definition) is 4. The zero-order valence-electron chi connectivity index (χ0n) is 12.1. The lowest BCUT2D eigenvalue weighted by atomic mass is 9.92. The van der Waals surface area contributed by atoms with E-state index in [1.165, 1.54) is 0 Å². The molecule has 0 bridgehead atoms. The summed E-state index contributed by atoms with van der Waals surface area (Å²) < 4.78 is 11.4. The Hall–Kier alpha value is -1.11. The van der Waals surface area contributed by atoms with Crippen LogP contribution in [0, 0.1) is 5.92 Å². The summed E-state index contributed by atoms with van der Waals surface area (Å²) in [4.78, 5) is 12.2. The molecule has 0 saturated carbocycles. The number of halogens is 1. The van der Waals surface area contributed by atoms with Crippen molar-refractivity contribution in [3.8, 4) is 5.75 Å². The molecule has 1 heterocycles. The van der Waals surface area contributed by atoms with Crippen LogP contribution < -0.4 is 15.8 Å².